The molecule has 154 valence electrons. The molecule has 0 saturated carbocycles. The van der Waals surface area contributed by atoms with E-state index in [0.29, 0.717) is 12.0 Å². The lowest BCUT2D eigenvalue weighted by Crippen LogP contribution is -2.27. The molecular weight excluding hydrogens is 344 g/mol. The number of pyridine rings is 2. The predicted molar refractivity (Wildman–Crippen MR) is 125 cm³/mol. The van der Waals surface area contributed by atoms with Crippen molar-refractivity contribution in [2.75, 3.05) is 24.3 Å². The number of rotatable bonds is 6. The van der Waals surface area contributed by atoms with Crippen molar-refractivity contribution >= 4 is 17.1 Å². The van der Waals surface area contributed by atoms with Crippen molar-refractivity contribution in [2.45, 2.75) is 67.3 Å². The Morgan fingerprint density at radius 1 is 1.11 bits per heavy atom. The Kier molecular flexibility index (Phi) is 8.67. The first-order valence-electron chi connectivity index (χ1n) is 10.3. The fraction of sp³-hybridized carbons (Fsp3) is 0.500. The molecule has 2 aromatic heterocycles. The van der Waals surface area contributed by atoms with Gasteiger partial charge < -0.3 is 10.2 Å². The van der Waals surface area contributed by atoms with E-state index in [9.17, 15) is 0 Å². The standard InChI is InChI=1S/C22H32N4.C2H6/c1-13(2)18-11-10-17(22(23-8)24-18)21-16(7)12-19(26(9)15(5)6)20(25-21)14(3)4;1-2/h10-13,15H,3H2,1-2,4-9H3,(H,23,24);1-2H3. The summed E-state index contributed by atoms with van der Waals surface area (Å²) in [6.07, 6.45) is 0. The molecule has 2 heterocycles. The van der Waals surface area contributed by atoms with Gasteiger partial charge in [0.25, 0.3) is 0 Å². The highest BCUT2D eigenvalue weighted by Gasteiger charge is 2.18. The van der Waals surface area contributed by atoms with Gasteiger partial charge >= 0.3 is 0 Å². The minimum Gasteiger partial charge on any atom is -0.373 e. The van der Waals surface area contributed by atoms with Gasteiger partial charge in [0.15, 0.2) is 0 Å². The van der Waals surface area contributed by atoms with Crippen LogP contribution in [0.25, 0.3) is 16.8 Å². The normalized spacial score (nSPS) is 10.6. The Morgan fingerprint density at radius 3 is 2.18 bits per heavy atom. The maximum Gasteiger partial charge on any atom is 0.135 e. The van der Waals surface area contributed by atoms with Crippen molar-refractivity contribution in [1.29, 1.82) is 0 Å². The van der Waals surface area contributed by atoms with Crippen molar-refractivity contribution in [1.82, 2.24) is 9.97 Å². The van der Waals surface area contributed by atoms with Crippen LogP contribution in [0.1, 0.15) is 71.3 Å². The third-order valence-corrected chi connectivity index (χ3v) is 4.75. The first-order chi connectivity index (χ1) is 13.2. The highest BCUT2D eigenvalue weighted by atomic mass is 15.1. The summed E-state index contributed by atoms with van der Waals surface area (Å²) in [6, 6.07) is 6.82. The second kappa shape index (κ2) is 10.3. The minimum absolute atomic E-state index is 0.387. The van der Waals surface area contributed by atoms with E-state index in [1.54, 1.807) is 0 Å². The Hall–Kier alpha value is -2.36. The molecule has 0 spiro atoms. The first-order valence-corrected chi connectivity index (χ1v) is 10.3. The van der Waals surface area contributed by atoms with Gasteiger partial charge in [-0.2, -0.15) is 0 Å². The zero-order valence-corrected chi connectivity index (χ0v) is 19.4. The van der Waals surface area contributed by atoms with Crippen LogP contribution in [0.5, 0.6) is 0 Å². The molecule has 0 aliphatic rings. The summed E-state index contributed by atoms with van der Waals surface area (Å²) in [5.41, 5.74) is 7.21. The highest BCUT2D eigenvalue weighted by molar-refractivity contribution is 5.80. The van der Waals surface area contributed by atoms with Crippen LogP contribution in [0, 0.1) is 6.92 Å². The molecule has 0 atom stereocenters. The monoisotopic (exact) mass is 382 g/mol. The molecule has 0 aliphatic carbocycles. The van der Waals surface area contributed by atoms with Gasteiger partial charge in [-0.15, -0.1) is 0 Å². The molecule has 0 bridgehead atoms. The van der Waals surface area contributed by atoms with E-state index in [1.165, 1.54) is 0 Å². The van der Waals surface area contributed by atoms with Crippen LogP contribution in [0.3, 0.4) is 0 Å². The number of nitrogens with zero attached hydrogens (tertiary/aromatic N) is 3. The van der Waals surface area contributed by atoms with Crippen molar-refractivity contribution in [3.05, 3.63) is 41.7 Å². The summed E-state index contributed by atoms with van der Waals surface area (Å²) in [6.45, 7) is 20.9. The number of aromatic nitrogens is 2. The molecule has 0 aliphatic heterocycles. The van der Waals surface area contributed by atoms with Crippen LogP contribution in [-0.4, -0.2) is 30.1 Å². The van der Waals surface area contributed by atoms with E-state index in [1.807, 2.05) is 27.8 Å². The third-order valence-electron chi connectivity index (χ3n) is 4.75. The lowest BCUT2D eigenvalue weighted by Gasteiger charge is -2.27. The predicted octanol–water partition coefficient (Wildman–Crippen LogP) is 6.52. The molecule has 2 rings (SSSR count). The molecule has 0 amide bonds. The summed E-state index contributed by atoms with van der Waals surface area (Å²) < 4.78 is 0. The van der Waals surface area contributed by atoms with E-state index in [-0.39, 0.29) is 0 Å². The Morgan fingerprint density at radius 2 is 1.71 bits per heavy atom. The van der Waals surface area contributed by atoms with Gasteiger partial charge in [0, 0.05) is 31.4 Å². The number of aryl methyl sites for hydroxylation is 1. The van der Waals surface area contributed by atoms with Crippen molar-refractivity contribution in [3.8, 4) is 11.3 Å². The molecule has 1 N–H and O–H groups in total. The Balaban J connectivity index is 0.00000190. The summed E-state index contributed by atoms with van der Waals surface area (Å²) in [5, 5.41) is 3.24. The van der Waals surface area contributed by atoms with Gasteiger partial charge in [-0.25, -0.2) is 9.97 Å². The van der Waals surface area contributed by atoms with E-state index < -0.39 is 0 Å². The molecule has 0 radical (unpaired) electrons. The van der Waals surface area contributed by atoms with Gasteiger partial charge in [-0.1, -0.05) is 34.3 Å². The molecule has 28 heavy (non-hydrogen) atoms. The van der Waals surface area contributed by atoms with E-state index in [4.69, 9.17) is 9.97 Å². The quantitative estimate of drug-likeness (QED) is 0.617. The highest BCUT2D eigenvalue weighted by Crippen LogP contribution is 2.34. The lowest BCUT2D eigenvalue weighted by molar-refractivity contribution is 0.751. The molecule has 4 nitrogen and oxygen atoms in total. The van der Waals surface area contributed by atoms with E-state index >= 15 is 0 Å². The molecule has 2 aromatic rings. The minimum atomic E-state index is 0.387. The summed E-state index contributed by atoms with van der Waals surface area (Å²) in [5.74, 6) is 1.25. The van der Waals surface area contributed by atoms with Crippen molar-refractivity contribution in [3.63, 3.8) is 0 Å². The Labute approximate surface area is 172 Å². The number of allylic oxidation sites excluding steroid dienone is 1. The number of hydrogen-bond acceptors (Lipinski definition) is 4. The lowest BCUT2D eigenvalue weighted by atomic mass is 10.0. The zero-order valence-electron chi connectivity index (χ0n) is 19.4. The average Bonchev–Trinajstić information content (AvgIpc) is 2.67. The van der Waals surface area contributed by atoms with Crippen LogP contribution >= 0.6 is 0 Å². The van der Waals surface area contributed by atoms with Gasteiger partial charge in [-0.3, -0.25) is 0 Å². The van der Waals surface area contributed by atoms with E-state index in [0.717, 1.165) is 45.3 Å². The van der Waals surface area contributed by atoms with Crippen LogP contribution in [-0.2, 0) is 0 Å². The molecule has 4 heteroatoms. The second-order valence-electron chi connectivity index (χ2n) is 7.54. The topological polar surface area (TPSA) is 41.1 Å². The maximum atomic E-state index is 5.01. The first kappa shape index (κ1) is 23.7. The van der Waals surface area contributed by atoms with Gasteiger partial charge in [-0.05, 0) is 62.9 Å². The fourth-order valence-electron chi connectivity index (χ4n) is 2.91. The Bertz CT molecular complexity index is 806. The van der Waals surface area contributed by atoms with E-state index in [2.05, 4.69) is 76.7 Å². The molecule has 0 saturated heterocycles. The second-order valence-corrected chi connectivity index (χ2v) is 7.54. The number of hydrogen-bond donors (Lipinski definition) is 1. The average molecular weight is 383 g/mol. The molecule has 0 fully saturated rings. The summed E-state index contributed by atoms with van der Waals surface area (Å²) in [4.78, 5) is 12.0. The van der Waals surface area contributed by atoms with Gasteiger partial charge in [0.2, 0.25) is 0 Å². The summed E-state index contributed by atoms with van der Waals surface area (Å²) in [7, 11) is 4.01. The van der Waals surface area contributed by atoms with Crippen LogP contribution in [0.2, 0.25) is 0 Å². The van der Waals surface area contributed by atoms with Crippen LogP contribution < -0.4 is 10.2 Å². The summed E-state index contributed by atoms with van der Waals surface area (Å²) >= 11 is 0. The van der Waals surface area contributed by atoms with Gasteiger partial charge in [0.1, 0.15) is 5.82 Å². The smallest absolute Gasteiger partial charge is 0.135 e. The molecule has 0 aromatic carbocycles. The van der Waals surface area contributed by atoms with Crippen molar-refractivity contribution in [2.24, 2.45) is 0 Å². The largest absolute Gasteiger partial charge is 0.373 e. The van der Waals surface area contributed by atoms with Crippen LogP contribution in [0.4, 0.5) is 11.5 Å². The molecular formula is C24H38N4. The zero-order chi connectivity index (χ0) is 21.6. The SMILES string of the molecule is C=C(C)c1nc(-c2ccc(C(C)C)nc2NC)c(C)cc1N(C)C(C)C.CC. The molecule has 0 unspecified atom stereocenters. The third kappa shape index (κ3) is 5.12. The fourth-order valence-corrected chi connectivity index (χ4v) is 2.91. The van der Waals surface area contributed by atoms with Crippen molar-refractivity contribution < 1.29 is 0 Å². The maximum absolute atomic E-state index is 5.01. The van der Waals surface area contributed by atoms with Gasteiger partial charge in [0.05, 0.1) is 17.1 Å². The number of nitrogens with one attached hydrogen (secondary N) is 1. The number of anilines is 2. The van der Waals surface area contributed by atoms with Crippen LogP contribution in [0.15, 0.2) is 24.8 Å².